The molecule has 1 aliphatic rings. The Kier molecular flexibility index (Phi) is 7.32. The molecular weight excluding hydrogens is 450 g/mol. The van der Waals surface area contributed by atoms with Gasteiger partial charge in [0.2, 0.25) is 16.9 Å². The van der Waals surface area contributed by atoms with Crippen molar-refractivity contribution in [1.29, 1.82) is 0 Å². The first kappa shape index (κ1) is 23.6. The van der Waals surface area contributed by atoms with Crippen LogP contribution in [0.15, 0.2) is 48.5 Å². The van der Waals surface area contributed by atoms with E-state index < -0.39 is 0 Å². The second kappa shape index (κ2) is 10.6. The van der Waals surface area contributed by atoms with E-state index in [2.05, 4.69) is 27.8 Å². The molecule has 176 valence electrons. The van der Waals surface area contributed by atoms with Crippen LogP contribution in [-0.2, 0) is 16.0 Å². The lowest BCUT2D eigenvalue weighted by molar-refractivity contribution is -0.117. The predicted molar refractivity (Wildman–Crippen MR) is 133 cm³/mol. The molecular formula is C25H27N5O3S. The van der Waals surface area contributed by atoms with Gasteiger partial charge >= 0.3 is 0 Å². The first-order valence-electron chi connectivity index (χ1n) is 11.4. The van der Waals surface area contributed by atoms with Gasteiger partial charge in [0.25, 0.3) is 5.91 Å². The molecule has 2 heterocycles. The lowest BCUT2D eigenvalue weighted by Gasteiger charge is -2.16. The molecule has 0 radical (unpaired) electrons. The van der Waals surface area contributed by atoms with Crippen LogP contribution in [0.4, 0.5) is 16.5 Å². The van der Waals surface area contributed by atoms with Crippen molar-refractivity contribution < 1.29 is 14.4 Å². The van der Waals surface area contributed by atoms with Crippen LogP contribution in [0.5, 0.6) is 0 Å². The van der Waals surface area contributed by atoms with Gasteiger partial charge in [0.15, 0.2) is 0 Å². The molecule has 1 fully saturated rings. The monoisotopic (exact) mass is 477 g/mol. The Morgan fingerprint density at radius 1 is 1.03 bits per heavy atom. The van der Waals surface area contributed by atoms with Gasteiger partial charge in [0.05, 0.1) is 0 Å². The zero-order chi connectivity index (χ0) is 24.1. The van der Waals surface area contributed by atoms with Crippen LogP contribution >= 0.6 is 11.3 Å². The first-order valence-corrected chi connectivity index (χ1v) is 12.2. The molecule has 8 nitrogen and oxygen atoms in total. The molecule has 1 aromatic heterocycles. The number of amides is 3. The van der Waals surface area contributed by atoms with E-state index in [1.54, 1.807) is 29.2 Å². The summed E-state index contributed by atoms with van der Waals surface area (Å²) >= 11 is 1.29. The summed E-state index contributed by atoms with van der Waals surface area (Å²) in [5.74, 6) is -0.369. The maximum atomic E-state index is 12.6. The number of aryl methyl sites for hydroxylation is 1. The molecule has 0 bridgehead atoms. The second-order valence-electron chi connectivity index (χ2n) is 8.20. The van der Waals surface area contributed by atoms with Crippen LogP contribution in [0.2, 0.25) is 0 Å². The molecule has 34 heavy (non-hydrogen) atoms. The normalized spacial score (nSPS) is 15.4. The molecule has 4 rings (SSSR count). The van der Waals surface area contributed by atoms with Crippen LogP contribution in [0.25, 0.3) is 0 Å². The third-order valence-electron chi connectivity index (χ3n) is 5.70. The molecule has 9 heteroatoms. The molecule has 1 atom stereocenters. The van der Waals surface area contributed by atoms with E-state index in [0.29, 0.717) is 35.8 Å². The minimum absolute atomic E-state index is 0.0528. The van der Waals surface area contributed by atoms with Gasteiger partial charge in [0.1, 0.15) is 5.01 Å². The zero-order valence-corrected chi connectivity index (χ0v) is 20.0. The topological polar surface area (TPSA) is 104 Å². The number of rotatable bonds is 8. The zero-order valence-electron chi connectivity index (χ0n) is 19.2. The maximum Gasteiger partial charge on any atom is 0.257 e. The van der Waals surface area contributed by atoms with Crippen molar-refractivity contribution in [2.24, 2.45) is 0 Å². The van der Waals surface area contributed by atoms with Crippen LogP contribution < -0.4 is 15.5 Å². The van der Waals surface area contributed by atoms with Crippen LogP contribution in [-0.4, -0.2) is 34.5 Å². The molecule has 1 saturated heterocycles. The van der Waals surface area contributed by atoms with Crippen molar-refractivity contribution in [3.05, 3.63) is 64.7 Å². The van der Waals surface area contributed by atoms with Crippen LogP contribution in [0.3, 0.4) is 0 Å². The summed E-state index contributed by atoms with van der Waals surface area (Å²) in [6.07, 6.45) is 2.55. The molecule has 0 spiro atoms. The van der Waals surface area contributed by atoms with Crippen LogP contribution in [0, 0.1) is 0 Å². The third kappa shape index (κ3) is 5.48. The summed E-state index contributed by atoms with van der Waals surface area (Å²) < 4.78 is 0. The van der Waals surface area contributed by atoms with Crippen molar-refractivity contribution in [3.63, 3.8) is 0 Å². The molecule has 1 aliphatic heterocycles. The van der Waals surface area contributed by atoms with E-state index in [-0.39, 0.29) is 23.6 Å². The van der Waals surface area contributed by atoms with Gasteiger partial charge in [-0.3, -0.25) is 19.7 Å². The summed E-state index contributed by atoms with van der Waals surface area (Å²) in [7, 11) is 0. The molecule has 3 amide bonds. The quantitative estimate of drug-likeness (QED) is 0.493. The highest BCUT2D eigenvalue weighted by atomic mass is 32.1. The number of hydrogen-bond acceptors (Lipinski definition) is 6. The number of nitrogens with one attached hydrogen (secondary N) is 2. The Balaban J connectivity index is 1.36. The second-order valence-corrected chi connectivity index (χ2v) is 9.21. The van der Waals surface area contributed by atoms with Crippen molar-refractivity contribution >= 4 is 45.6 Å². The largest absolute Gasteiger partial charge is 0.326 e. The van der Waals surface area contributed by atoms with Crippen molar-refractivity contribution in [3.8, 4) is 0 Å². The summed E-state index contributed by atoms with van der Waals surface area (Å²) in [6.45, 7) is 4.58. The lowest BCUT2D eigenvalue weighted by Crippen LogP contribution is -2.24. The number of anilines is 3. The highest BCUT2D eigenvalue weighted by Crippen LogP contribution is 2.34. The number of aromatic nitrogens is 2. The Morgan fingerprint density at radius 2 is 1.76 bits per heavy atom. The number of benzene rings is 2. The number of carbonyl (C=O) groups excluding carboxylic acids is 3. The van der Waals surface area contributed by atoms with Gasteiger partial charge in [-0.15, -0.1) is 10.2 Å². The molecule has 3 aromatic rings. The maximum absolute atomic E-state index is 12.6. The minimum atomic E-state index is -0.311. The number of carbonyl (C=O) groups is 3. The van der Waals surface area contributed by atoms with E-state index >= 15 is 0 Å². The van der Waals surface area contributed by atoms with Crippen molar-refractivity contribution in [2.45, 2.75) is 45.4 Å². The number of nitrogens with zero attached hydrogens (tertiary/aromatic N) is 3. The van der Waals surface area contributed by atoms with E-state index in [4.69, 9.17) is 0 Å². The summed E-state index contributed by atoms with van der Waals surface area (Å²) in [6, 6.07) is 14.7. The van der Waals surface area contributed by atoms with Gasteiger partial charge in [-0.1, -0.05) is 37.3 Å². The molecule has 2 N–H and O–H groups in total. The predicted octanol–water partition coefficient (Wildman–Crippen LogP) is 4.61. The van der Waals surface area contributed by atoms with Gasteiger partial charge in [-0.05, 0) is 54.8 Å². The van der Waals surface area contributed by atoms with E-state index in [0.717, 1.165) is 23.5 Å². The fraction of sp³-hybridized carbons (Fsp3) is 0.320. The summed E-state index contributed by atoms with van der Waals surface area (Å²) in [5.41, 5.74) is 3.21. The lowest BCUT2D eigenvalue weighted by atomic mass is 10.1. The number of hydrogen-bond donors (Lipinski definition) is 2. The van der Waals surface area contributed by atoms with Gasteiger partial charge in [-0.2, -0.15) is 0 Å². The summed E-state index contributed by atoms with van der Waals surface area (Å²) in [4.78, 5) is 38.7. The highest BCUT2D eigenvalue weighted by molar-refractivity contribution is 7.15. The van der Waals surface area contributed by atoms with E-state index in [9.17, 15) is 14.4 Å². The van der Waals surface area contributed by atoms with Crippen molar-refractivity contribution in [2.75, 3.05) is 22.1 Å². The Morgan fingerprint density at radius 3 is 2.44 bits per heavy atom. The Labute approximate surface area is 202 Å². The Bertz CT molecular complexity index is 1170. The Hall–Kier alpha value is -3.59. The first-order chi connectivity index (χ1) is 16.5. The van der Waals surface area contributed by atoms with Crippen LogP contribution in [0.1, 0.15) is 60.0 Å². The average Bonchev–Trinajstić information content (AvgIpc) is 3.46. The van der Waals surface area contributed by atoms with Crippen molar-refractivity contribution in [1.82, 2.24) is 10.2 Å². The van der Waals surface area contributed by atoms with Gasteiger partial charge < -0.3 is 10.2 Å². The summed E-state index contributed by atoms with van der Waals surface area (Å²) in [5, 5.41) is 15.0. The average molecular weight is 478 g/mol. The molecule has 0 unspecified atom stereocenters. The fourth-order valence-corrected chi connectivity index (χ4v) is 4.64. The molecule has 2 aromatic carbocycles. The fourth-order valence-electron chi connectivity index (χ4n) is 3.81. The smallest absolute Gasteiger partial charge is 0.257 e. The standard InChI is InChI=1S/C25H27N5O3S/c1-3-5-21(31)26-19-10-8-17(9-11-19)23(33)27-25-29-28-24(34-25)18-14-22(32)30(15-18)20-12-6-16(4-2)7-13-20/h6-13,18H,3-5,14-15H2,1-2H3,(H,26,31)(H,27,29,33)/t18-/m0/s1. The van der Waals surface area contributed by atoms with Gasteiger partial charge in [0, 0.05) is 42.2 Å². The molecule has 0 aliphatic carbocycles. The SMILES string of the molecule is CCCC(=O)Nc1ccc(C(=O)Nc2nnc([C@H]3CC(=O)N(c4ccc(CC)cc4)C3)s2)cc1. The molecule has 0 saturated carbocycles. The van der Waals surface area contributed by atoms with Gasteiger partial charge in [-0.25, -0.2) is 0 Å². The van der Waals surface area contributed by atoms with E-state index in [1.807, 2.05) is 31.2 Å². The minimum Gasteiger partial charge on any atom is -0.326 e. The van der Waals surface area contributed by atoms with E-state index in [1.165, 1.54) is 16.9 Å². The third-order valence-corrected chi connectivity index (χ3v) is 6.70. The highest BCUT2D eigenvalue weighted by Gasteiger charge is 2.34.